The van der Waals surface area contributed by atoms with Gasteiger partial charge in [-0.25, -0.2) is 9.78 Å². The van der Waals surface area contributed by atoms with E-state index in [4.69, 9.17) is 14.5 Å². The molecule has 0 aliphatic carbocycles. The number of carbonyl (C=O) groups is 1. The van der Waals surface area contributed by atoms with Crippen molar-refractivity contribution < 1.29 is 14.3 Å². The van der Waals surface area contributed by atoms with Gasteiger partial charge in [-0.3, -0.25) is 0 Å². The molecule has 0 radical (unpaired) electrons. The Balaban J connectivity index is 1.70. The maximum atomic E-state index is 12.8. The van der Waals surface area contributed by atoms with Gasteiger partial charge >= 0.3 is 5.97 Å². The highest BCUT2D eigenvalue weighted by atomic mass is 16.6. The number of esters is 1. The number of aromatic nitrogens is 2. The molecule has 0 aliphatic heterocycles. The van der Waals surface area contributed by atoms with Crippen LogP contribution in [0, 0.1) is 6.92 Å². The fourth-order valence-corrected chi connectivity index (χ4v) is 4.16. The molecular formula is C29H32N2O3. The Kier molecular flexibility index (Phi) is 6.58. The van der Waals surface area contributed by atoms with Crippen LogP contribution >= 0.6 is 0 Å². The van der Waals surface area contributed by atoms with E-state index in [-0.39, 0.29) is 12.1 Å². The molecule has 0 bridgehead atoms. The third-order valence-corrected chi connectivity index (χ3v) is 5.83. The highest BCUT2D eigenvalue weighted by molar-refractivity contribution is 5.97. The van der Waals surface area contributed by atoms with Gasteiger partial charge in [-0.05, 0) is 68.5 Å². The number of rotatable bonds is 6. The smallest absolute Gasteiger partial charge is 0.339 e. The number of carbonyl (C=O) groups excluding carboxylic acids is 1. The first-order valence-corrected chi connectivity index (χ1v) is 11.6. The topological polar surface area (TPSA) is 52.8 Å². The van der Waals surface area contributed by atoms with Gasteiger partial charge in [-0.15, -0.1) is 0 Å². The number of imidazole rings is 1. The molecule has 4 aromatic rings. The maximum absolute atomic E-state index is 12.8. The lowest BCUT2D eigenvalue weighted by Crippen LogP contribution is -2.24. The Hall–Kier alpha value is -3.44. The van der Waals surface area contributed by atoms with Crippen LogP contribution in [-0.2, 0) is 15.9 Å². The largest absolute Gasteiger partial charge is 0.456 e. The molecule has 2 heterocycles. The van der Waals surface area contributed by atoms with E-state index in [2.05, 4.69) is 48.7 Å². The van der Waals surface area contributed by atoms with Crippen LogP contribution in [0.4, 0.5) is 0 Å². The summed E-state index contributed by atoms with van der Waals surface area (Å²) in [6.07, 6.45) is 2.72. The summed E-state index contributed by atoms with van der Waals surface area (Å²) in [5.41, 5.74) is 6.99. The standard InChI is InChI=1S/C29H32N2O3/c1-7-22-18-31-25(17-12-19(2)27(31)30-22)26(33-6)21-15-13-20(14-16-21)23-10-8-9-11-24(23)28(32)34-29(3,4)5/h8-18,26H,7H2,1-6H3/t26-/m1/s1. The van der Waals surface area contributed by atoms with Crippen molar-refractivity contribution in [3.8, 4) is 11.1 Å². The Morgan fingerprint density at radius 3 is 2.38 bits per heavy atom. The molecule has 176 valence electrons. The molecule has 0 N–H and O–H groups in total. The minimum atomic E-state index is -0.552. The predicted octanol–water partition coefficient (Wildman–Crippen LogP) is 6.56. The van der Waals surface area contributed by atoms with Crippen LogP contribution in [0.3, 0.4) is 0 Å². The third-order valence-electron chi connectivity index (χ3n) is 5.83. The van der Waals surface area contributed by atoms with Crippen molar-refractivity contribution in [2.45, 2.75) is 52.7 Å². The lowest BCUT2D eigenvalue weighted by molar-refractivity contribution is 0.00704. The number of aryl methyl sites for hydroxylation is 2. The van der Waals surface area contributed by atoms with Gasteiger partial charge < -0.3 is 13.9 Å². The number of methoxy groups -OCH3 is 1. The summed E-state index contributed by atoms with van der Waals surface area (Å²) in [6.45, 7) is 9.81. The van der Waals surface area contributed by atoms with E-state index in [1.54, 1.807) is 7.11 Å². The zero-order chi connectivity index (χ0) is 24.5. The summed E-state index contributed by atoms with van der Waals surface area (Å²) in [7, 11) is 1.72. The van der Waals surface area contributed by atoms with E-state index in [1.165, 1.54) is 0 Å². The number of fused-ring (bicyclic) bond motifs is 1. The molecule has 5 heteroatoms. The summed E-state index contributed by atoms with van der Waals surface area (Å²) in [6, 6.07) is 19.9. The van der Waals surface area contributed by atoms with Crippen LogP contribution in [0.15, 0.2) is 66.9 Å². The van der Waals surface area contributed by atoms with Crippen LogP contribution < -0.4 is 0 Å². The predicted molar refractivity (Wildman–Crippen MR) is 135 cm³/mol. The maximum Gasteiger partial charge on any atom is 0.339 e. The normalized spacial score (nSPS) is 12.6. The third kappa shape index (κ3) is 4.75. The van der Waals surface area contributed by atoms with Gasteiger partial charge in [0.05, 0.1) is 17.0 Å². The molecule has 4 rings (SSSR count). The molecule has 34 heavy (non-hydrogen) atoms. The number of pyridine rings is 1. The lowest BCUT2D eigenvalue weighted by Gasteiger charge is -2.21. The minimum Gasteiger partial charge on any atom is -0.456 e. The zero-order valence-corrected chi connectivity index (χ0v) is 20.8. The molecule has 0 amide bonds. The Morgan fingerprint density at radius 1 is 1.03 bits per heavy atom. The van der Waals surface area contributed by atoms with Crippen molar-refractivity contribution in [2.75, 3.05) is 7.11 Å². The van der Waals surface area contributed by atoms with Crippen molar-refractivity contribution >= 4 is 11.6 Å². The first kappa shape index (κ1) is 23.7. The van der Waals surface area contributed by atoms with Gasteiger partial charge in [0, 0.05) is 13.3 Å². The number of nitrogens with zero attached hydrogens (tertiary/aromatic N) is 2. The van der Waals surface area contributed by atoms with Crippen molar-refractivity contribution in [1.82, 2.24) is 9.38 Å². The Labute approximate surface area is 201 Å². The monoisotopic (exact) mass is 456 g/mol. The quantitative estimate of drug-likeness (QED) is 0.308. The van der Waals surface area contributed by atoms with Crippen molar-refractivity contribution in [2.24, 2.45) is 0 Å². The van der Waals surface area contributed by atoms with Crippen LogP contribution in [0.5, 0.6) is 0 Å². The summed E-state index contributed by atoms with van der Waals surface area (Å²) >= 11 is 0. The second-order valence-electron chi connectivity index (χ2n) is 9.51. The molecule has 0 aliphatic rings. The molecule has 0 unspecified atom stereocenters. The van der Waals surface area contributed by atoms with Crippen molar-refractivity contribution in [3.05, 3.63) is 94.9 Å². The van der Waals surface area contributed by atoms with Gasteiger partial charge in [0.1, 0.15) is 17.4 Å². The molecule has 2 aromatic heterocycles. The second kappa shape index (κ2) is 9.43. The fourth-order valence-electron chi connectivity index (χ4n) is 4.16. The van der Waals surface area contributed by atoms with Crippen molar-refractivity contribution in [1.29, 1.82) is 0 Å². The lowest BCUT2D eigenvalue weighted by atomic mass is 9.96. The first-order chi connectivity index (χ1) is 16.2. The SMILES string of the molecule is CCc1cn2c([C@H](OC)c3ccc(-c4ccccc4C(=O)OC(C)(C)C)cc3)ccc(C)c2n1. The van der Waals surface area contributed by atoms with E-state index in [1.807, 2.05) is 57.2 Å². The molecule has 0 saturated heterocycles. The highest BCUT2D eigenvalue weighted by Gasteiger charge is 2.22. The van der Waals surface area contributed by atoms with Gasteiger partial charge in [0.15, 0.2) is 0 Å². The van der Waals surface area contributed by atoms with Gasteiger partial charge in [-0.1, -0.05) is 55.5 Å². The summed E-state index contributed by atoms with van der Waals surface area (Å²) in [5, 5.41) is 0. The average Bonchev–Trinajstić information content (AvgIpc) is 3.26. The Bertz CT molecular complexity index is 1310. The summed E-state index contributed by atoms with van der Waals surface area (Å²) in [5.74, 6) is -0.323. The van der Waals surface area contributed by atoms with Gasteiger partial charge in [-0.2, -0.15) is 0 Å². The fraction of sp³-hybridized carbons (Fsp3) is 0.310. The number of ether oxygens (including phenoxy) is 2. The van der Waals surface area contributed by atoms with Crippen LogP contribution in [0.25, 0.3) is 16.8 Å². The van der Waals surface area contributed by atoms with E-state index < -0.39 is 5.60 Å². The summed E-state index contributed by atoms with van der Waals surface area (Å²) in [4.78, 5) is 17.6. The van der Waals surface area contributed by atoms with Crippen LogP contribution in [0.1, 0.15) is 66.7 Å². The second-order valence-corrected chi connectivity index (χ2v) is 9.51. The molecular weight excluding hydrogens is 424 g/mol. The molecule has 0 fully saturated rings. The highest BCUT2D eigenvalue weighted by Crippen LogP contribution is 2.31. The molecule has 0 spiro atoms. The minimum absolute atomic E-state index is 0.253. The van der Waals surface area contributed by atoms with Gasteiger partial charge in [0.2, 0.25) is 0 Å². The number of benzene rings is 2. The molecule has 1 atom stereocenters. The van der Waals surface area contributed by atoms with E-state index in [9.17, 15) is 4.79 Å². The van der Waals surface area contributed by atoms with E-state index >= 15 is 0 Å². The Morgan fingerprint density at radius 2 is 1.74 bits per heavy atom. The first-order valence-electron chi connectivity index (χ1n) is 11.6. The van der Waals surface area contributed by atoms with Crippen LogP contribution in [0.2, 0.25) is 0 Å². The van der Waals surface area contributed by atoms with Crippen molar-refractivity contribution in [3.63, 3.8) is 0 Å². The average molecular weight is 457 g/mol. The zero-order valence-electron chi connectivity index (χ0n) is 20.8. The van der Waals surface area contributed by atoms with Crippen LogP contribution in [-0.4, -0.2) is 28.1 Å². The van der Waals surface area contributed by atoms with E-state index in [0.717, 1.165) is 45.7 Å². The molecule has 0 saturated carbocycles. The summed E-state index contributed by atoms with van der Waals surface area (Å²) < 4.78 is 13.7. The number of hydrogen-bond acceptors (Lipinski definition) is 4. The molecule has 5 nitrogen and oxygen atoms in total. The number of hydrogen-bond donors (Lipinski definition) is 0. The van der Waals surface area contributed by atoms with E-state index in [0.29, 0.717) is 5.56 Å². The van der Waals surface area contributed by atoms with Gasteiger partial charge in [0.25, 0.3) is 0 Å². The molecule has 2 aromatic carbocycles.